The highest BCUT2D eigenvalue weighted by Crippen LogP contribution is 2.26. The summed E-state index contributed by atoms with van der Waals surface area (Å²) < 4.78 is 10.7. The minimum Gasteiger partial charge on any atom is -0.481 e. The van der Waals surface area contributed by atoms with Crippen LogP contribution in [0.4, 0.5) is 0 Å². The molecule has 2 unspecified atom stereocenters. The molecule has 0 aliphatic rings. The normalized spacial score (nSPS) is 12.5. The number of carboxylic acid groups (broad SMARTS) is 2. The van der Waals surface area contributed by atoms with Gasteiger partial charge in [0.25, 0.3) is 0 Å². The molecule has 0 spiro atoms. The van der Waals surface area contributed by atoms with Crippen LogP contribution in [0.3, 0.4) is 0 Å². The fourth-order valence-electron chi connectivity index (χ4n) is 4.58. The van der Waals surface area contributed by atoms with Crippen molar-refractivity contribution in [3.8, 4) is 0 Å². The molecule has 0 aromatic rings. The lowest BCUT2D eigenvalue weighted by molar-refractivity contribution is -0.150. The van der Waals surface area contributed by atoms with Crippen LogP contribution in [-0.4, -0.2) is 57.8 Å². The van der Waals surface area contributed by atoms with E-state index in [1.165, 1.54) is 83.5 Å². The number of hydrogen-bond acceptors (Lipinski definition) is 7. The van der Waals surface area contributed by atoms with Crippen molar-refractivity contribution in [1.29, 1.82) is 0 Å². The summed E-state index contributed by atoms with van der Waals surface area (Å²) in [5, 5.41) is 16.0. The summed E-state index contributed by atoms with van der Waals surface area (Å²) in [6.45, 7) is 4.86. The zero-order chi connectivity index (χ0) is 30.6. The summed E-state index contributed by atoms with van der Waals surface area (Å²) in [6, 6.07) is 0. The highest BCUT2D eigenvalue weighted by atomic mass is 32.2. The molecule has 2 atom stereocenters. The molecule has 0 aliphatic heterocycles. The third-order valence-electron chi connectivity index (χ3n) is 7.08. The van der Waals surface area contributed by atoms with Gasteiger partial charge in [-0.3, -0.25) is 19.2 Å². The van der Waals surface area contributed by atoms with Crippen molar-refractivity contribution >= 4 is 35.6 Å². The summed E-state index contributed by atoms with van der Waals surface area (Å²) in [6.07, 6.45) is 22.0. The second kappa shape index (κ2) is 28.4. The molecule has 240 valence electrons. The SMILES string of the molecule is CCCCCCCCCCCCOC(=O)CC(SC(CC(=O)O)C(=O)O)C(=O)OCCCCCCCCCCCC. The lowest BCUT2D eigenvalue weighted by atomic mass is 10.1. The smallest absolute Gasteiger partial charge is 0.319 e. The standard InChI is InChI=1S/C32H58O8S/c1-3-5-7-9-11-13-15-17-19-21-23-39-30(35)26-28(41-27(31(36)37)25-29(33)34)32(38)40-24-22-20-18-16-14-12-10-8-6-4-2/h27-28H,3-26H2,1-2H3,(H,33,34)(H,36,37). The van der Waals surface area contributed by atoms with Gasteiger partial charge in [0.15, 0.2) is 0 Å². The number of esters is 2. The molecule has 0 fully saturated rings. The Morgan fingerprint density at radius 3 is 1.32 bits per heavy atom. The maximum Gasteiger partial charge on any atom is 0.319 e. The van der Waals surface area contributed by atoms with Gasteiger partial charge in [-0.15, -0.1) is 11.8 Å². The average molecular weight is 603 g/mol. The van der Waals surface area contributed by atoms with Gasteiger partial charge < -0.3 is 19.7 Å². The molecule has 0 aromatic heterocycles. The summed E-state index contributed by atoms with van der Waals surface area (Å²) in [5.74, 6) is -3.93. The van der Waals surface area contributed by atoms with E-state index in [4.69, 9.17) is 14.6 Å². The van der Waals surface area contributed by atoms with Gasteiger partial charge in [-0.1, -0.05) is 129 Å². The van der Waals surface area contributed by atoms with Gasteiger partial charge in [-0.25, -0.2) is 0 Å². The molecule has 8 nitrogen and oxygen atoms in total. The number of aliphatic carboxylic acids is 2. The van der Waals surface area contributed by atoms with E-state index in [1.807, 2.05) is 0 Å². The van der Waals surface area contributed by atoms with Crippen LogP contribution in [0, 0.1) is 0 Å². The monoisotopic (exact) mass is 602 g/mol. The van der Waals surface area contributed by atoms with Crippen LogP contribution < -0.4 is 0 Å². The third-order valence-corrected chi connectivity index (χ3v) is 8.47. The minimum atomic E-state index is -1.36. The van der Waals surface area contributed by atoms with E-state index in [0.29, 0.717) is 18.2 Å². The molecule has 2 N–H and O–H groups in total. The molecule has 0 amide bonds. The number of rotatable bonds is 30. The highest BCUT2D eigenvalue weighted by molar-refractivity contribution is 8.01. The van der Waals surface area contributed by atoms with Crippen molar-refractivity contribution in [2.75, 3.05) is 13.2 Å². The van der Waals surface area contributed by atoms with Gasteiger partial charge in [-0.2, -0.15) is 0 Å². The van der Waals surface area contributed by atoms with Crippen LogP contribution in [0.5, 0.6) is 0 Å². The van der Waals surface area contributed by atoms with Crippen molar-refractivity contribution in [2.45, 2.75) is 166 Å². The lowest BCUT2D eigenvalue weighted by Gasteiger charge is -2.18. The van der Waals surface area contributed by atoms with Gasteiger partial charge in [0.2, 0.25) is 0 Å². The topological polar surface area (TPSA) is 127 Å². The second-order valence-electron chi connectivity index (χ2n) is 11.0. The Kier molecular flexibility index (Phi) is 27.1. The zero-order valence-corrected chi connectivity index (χ0v) is 26.7. The van der Waals surface area contributed by atoms with Crippen LogP contribution >= 0.6 is 11.8 Å². The van der Waals surface area contributed by atoms with E-state index in [2.05, 4.69) is 13.8 Å². The number of ether oxygens (including phenoxy) is 2. The van der Waals surface area contributed by atoms with E-state index >= 15 is 0 Å². The van der Waals surface area contributed by atoms with E-state index in [-0.39, 0.29) is 19.6 Å². The summed E-state index contributed by atoms with van der Waals surface area (Å²) in [4.78, 5) is 47.9. The molecule has 0 saturated carbocycles. The average Bonchev–Trinajstić information content (AvgIpc) is 2.93. The Morgan fingerprint density at radius 2 is 0.927 bits per heavy atom. The molecule has 0 aliphatic carbocycles. The van der Waals surface area contributed by atoms with E-state index < -0.39 is 40.8 Å². The van der Waals surface area contributed by atoms with Crippen molar-refractivity contribution in [2.24, 2.45) is 0 Å². The number of thioether (sulfide) groups is 1. The first kappa shape index (κ1) is 39.2. The molecule has 0 aromatic carbocycles. The molecule has 0 radical (unpaired) electrons. The van der Waals surface area contributed by atoms with E-state index in [0.717, 1.165) is 38.5 Å². The molecular formula is C32H58O8S. The predicted molar refractivity (Wildman–Crippen MR) is 165 cm³/mol. The van der Waals surface area contributed by atoms with Crippen molar-refractivity contribution < 1.29 is 38.9 Å². The van der Waals surface area contributed by atoms with Crippen LogP contribution in [0.2, 0.25) is 0 Å². The number of carbonyl (C=O) groups excluding carboxylic acids is 2. The first-order valence-corrected chi connectivity index (χ1v) is 17.2. The quantitative estimate of drug-likeness (QED) is 0.0616. The minimum absolute atomic E-state index is 0.191. The Labute approximate surface area is 253 Å². The highest BCUT2D eigenvalue weighted by Gasteiger charge is 2.32. The van der Waals surface area contributed by atoms with Gasteiger partial charge in [0.1, 0.15) is 10.5 Å². The number of hydrogen-bond donors (Lipinski definition) is 2. The predicted octanol–water partition coefficient (Wildman–Crippen LogP) is 8.33. The Hall–Kier alpha value is -1.77. The summed E-state index contributed by atoms with van der Waals surface area (Å²) in [7, 11) is 0. The number of carbonyl (C=O) groups is 4. The van der Waals surface area contributed by atoms with Crippen LogP contribution in [-0.2, 0) is 28.7 Å². The fraction of sp³-hybridized carbons (Fsp3) is 0.875. The van der Waals surface area contributed by atoms with E-state index in [9.17, 15) is 24.3 Å². The Balaban J connectivity index is 4.42. The fourth-order valence-corrected chi connectivity index (χ4v) is 5.74. The molecule has 0 heterocycles. The Morgan fingerprint density at radius 1 is 0.537 bits per heavy atom. The van der Waals surface area contributed by atoms with Crippen LogP contribution in [0.15, 0.2) is 0 Å². The van der Waals surface area contributed by atoms with Crippen LogP contribution in [0.1, 0.15) is 155 Å². The third kappa shape index (κ3) is 25.7. The summed E-state index contributed by atoms with van der Waals surface area (Å²) >= 11 is 0.649. The zero-order valence-electron chi connectivity index (χ0n) is 25.9. The number of unbranched alkanes of at least 4 members (excludes halogenated alkanes) is 18. The van der Waals surface area contributed by atoms with Gasteiger partial charge in [-0.05, 0) is 12.8 Å². The van der Waals surface area contributed by atoms with Gasteiger partial charge in [0, 0.05) is 0 Å². The lowest BCUT2D eigenvalue weighted by Crippen LogP contribution is -2.31. The molecule has 41 heavy (non-hydrogen) atoms. The first-order valence-electron chi connectivity index (χ1n) is 16.2. The maximum atomic E-state index is 12.8. The maximum absolute atomic E-state index is 12.8. The molecule has 9 heteroatoms. The summed E-state index contributed by atoms with van der Waals surface area (Å²) in [5.41, 5.74) is 0. The van der Waals surface area contributed by atoms with Gasteiger partial charge >= 0.3 is 23.9 Å². The number of carboxylic acids is 2. The van der Waals surface area contributed by atoms with E-state index in [1.54, 1.807) is 0 Å². The second-order valence-corrected chi connectivity index (χ2v) is 12.4. The van der Waals surface area contributed by atoms with Crippen molar-refractivity contribution in [3.63, 3.8) is 0 Å². The Bertz CT molecular complexity index is 685. The molecule has 0 rings (SSSR count). The van der Waals surface area contributed by atoms with Crippen molar-refractivity contribution in [3.05, 3.63) is 0 Å². The van der Waals surface area contributed by atoms with Gasteiger partial charge in [0.05, 0.1) is 26.1 Å². The molecule has 0 bridgehead atoms. The largest absolute Gasteiger partial charge is 0.481 e. The first-order chi connectivity index (χ1) is 19.8. The van der Waals surface area contributed by atoms with Crippen molar-refractivity contribution in [1.82, 2.24) is 0 Å². The van der Waals surface area contributed by atoms with Crippen LogP contribution in [0.25, 0.3) is 0 Å². The molecule has 0 saturated heterocycles. The molecular weight excluding hydrogens is 544 g/mol.